The van der Waals surface area contributed by atoms with Gasteiger partial charge in [-0.25, -0.2) is 0 Å². The summed E-state index contributed by atoms with van der Waals surface area (Å²) in [6.45, 7) is 2.67. The molecule has 2 amide bonds. The zero-order valence-corrected chi connectivity index (χ0v) is 13.6. The molecule has 2 aromatic rings. The summed E-state index contributed by atoms with van der Waals surface area (Å²) in [7, 11) is 0. The van der Waals surface area contributed by atoms with Crippen molar-refractivity contribution in [3.63, 3.8) is 0 Å². The maximum absolute atomic E-state index is 13.1. The van der Waals surface area contributed by atoms with E-state index in [2.05, 4.69) is 0 Å². The van der Waals surface area contributed by atoms with Gasteiger partial charge in [0.25, 0.3) is 5.91 Å². The van der Waals surface area contributed by atoms with Crippen LogP contribution in [-0.4, -0.2) is 29.3 Å². The minimum Gasteiger partial charge on any atom is -0.368 e. The van der Waals surface area contributed by atoms with Gasteiger partial charge in [0.15, 0.2) is 0 Å². The van der Waals surface area contributed by atoms with Crippen LogP contribution in [0, 0.1) is 18.8 Å². The first-order chi connectivity index (χ1) is 11.6. The van der Waals surface area contributed by atoms with Gasteiger partial charge in [0, 0.05) is 12.1 Å². The number of piperidine rings is 1. The van der Waals surface area contributed by atoms with Crippen molar-refractivity contribution in [3.05, 3.63) is 59.7 Å². The number of nitrogens with zero attached hydrogens (tertiary/aromatic N) is 1. The summed E-state index contributed by atoms with van der Waals surface area (Å²) in [5, 5.41) is 0. The summed E-state index contributed by atoms with van der Waals surface area (Å²) in [5.74, 6) is 0.222. The first kappa shape index (κ1) is 14.9. The van der Waals surface area contributed by atoms with Crippen LogP contribution in [0.4, 0.5) is 0 Å². The molecule has 2 N–H and O–H groups in total. The van der Waals surface area contributed by atoms with Gasteiger partial charge in [-0.2, -0.15) is 0 Å². The Kier molecular flexibility index (Phi) is 3.41. The van der Waals surface area contributed by atoms with Crippen LogP contribution in [0.2, 0.25) is 0 Å². The summed E-state index contributed by atoms with van der Waals surface area (Å²) < 4.78 is 0. The van der Waals surface area contributed by atoms with Gasteiger partial charge in [-0.05, 0) is 42.4 Å². The predicted octanol–water partition coefficient (Wildman–Crippen LogP) is 2.61. The van der Waals surface area contributed by atoms with E-state index in [9.17, 15) is 9.59 Å². The molecule has 4 rings (SSSR count). The van der Waals surface area contributed by atoms with E-state index in [0.717, 1.165) is 17.5 Å². The summed E-state index contributed by atoms with van der Waals surface area (Å²) in [5.41, 5.74) is 9.26. The molecule has 0 aromatic heterocycles. The fourth-order valence-corrected chi connectivity index (χ4v) is 3.85. The second-order valence-electron chi connectivity index (χ2n) is 6.88. The number of primary amides is 1. The van der Waals surface area contributed by atoms with Crippen LogP contribution in [0.25, 0.3) is 11.1 Å². The van der Waals surface area contributed by atoms with Crippen molar-refractivity contribution in [2.24, 2.45) is 17.6 Å². The molecule has 0 radical (unpaired) electrons. The Bertz CT molecular complexity index is 813. The van der Waals surface area contributed by atoms with Gasteiger partial charge in [0.2, 0.25) is 5.91 Å². The van der Waals surface area contributed by atoms with E-state index < -0.39 is 6.04 Å². The Morgan fingerprint density at radius 1 is 1.08 bits per heavy atom. The number of rotatable bonds is 3. The maximum atomic E-state index is 13.1. The number of carbonyl (C=O) groups excluding carboxylic acids is 2. The van der Waals surface area contributed by atoms with E-state index in [4.69, 9.17) is 5.73 Å². The van der Waals surface area contributed by atoms with E-state index in [1.54, 1.807) is 4.90 Å². The van der Waals surface area contributed by atoms with Crippen molar-refractivity contribution >= 4 is 11.8 Å². The van der Waals surface area contributed by atoms with Gasteiger partial charge in [0.1, 0.15) is 6.04 Å². The second kappa shape index (κ2) is 5.48. The highest BCUT2D eigenvalue weighted by molar-refractivity contribution is 6.03. The van der Waals surface area contributed by atoms with Gasteiger partial charge in [-0.1, -0.05) is 48.0 Å². The van der Waals surface area contributed by atoms with Crippen LogP contribution in [0.1, 0.15) is 22.3 Å². The van der Waals surface area contributed by atoms with Crippen LogP contribution in [0.15, 0.2) is 48.5 Å². The van der Waals surface area contributed by atoms with E-state index in [1.807, 2.05) is 55.5 Å². The number of likely N-dealkylation sites (tertiary alicyclic amines) is 1. The molecular weight excluding hydrogens is 300 g/mol. The average Bonchev–Trinajstić information content (AvgIpc) is 3.24. The fraction of sp³-hybridized carbons (Fsp3) is 0.300. The molecule has 2 aliphatic rings. The summed E-state index contributed by atoms with van der Waals surface area (Å²) >= 11 is 0. The number of amides is 2. The molecule has 1 aliphatic heterocycles. The number of carbonyl (C=O) groups is 2. The first-order valence-electron chi connectivity index (χ1n) is 8.32. The molecule has 4 nitrogen and oxygen atoms in total. The quantitative estimate of drug-likeness (QED) is 0.945. The zero-order valence-electron chi connectivity index (χ0n) is 13.6. The fourth-order valence-electron chi connectivity index (χ4n) is 3.85. The molecule has 2 aromatic carbocycles. The van der Waals surface area contributed by atoms with Crippen molar-refractivity contribution < 1.29 is 9.59 Å². The molecule has 0 bridgehead atoms. The Morgan fingerprint density at radius 3 is 2.50 bits per heavy atom. The normalized spacial score (nSPS) is 24.5. The lowest BCUT2D eigenvalue weighted by atomic mass is 9.97. The van der Waals surface area contributed by atoms with Gasteiger partial charge in [-0.3, -0.25) is 9.59 Å². The highest BCUT2D eigenvalue weighted by Gasteiger charge is 2.56. The van der Waals surface area contributed by atoms with Gasteiger partial charge in [-0.15, -0.1) is 0 Å². The summed E-state index contributed by atoms with van der Waals surface area (Å²) in [6, 6.07) is 15.2. The lowest BCUT2D eigenvalue weighted by Gasteiger charge is -2.26. The third kappa shape index (κ3) is 2.39. The average molecular weight is 320 g/mol. The third-order valence-electron chi connectivity index (χ3n) is 5.22. The monoisotopic (exact) mass is 320 g/mol. The predicted molar refractivity (Wildman–Crippen MR) is 92.2 cm³/mol. The van der Waals surface area contributed by atoms with Crippen LogP contribution < -0.4 is 5.73 Å². The molecule has 122 valence electrons. The molecule has 24 heavy (non-hydrogen) atoms. The van der Waals surface area contributed by atoms with Crippen LogP contribution >= 0.6 is 0 Å². The lowest BCUT2D eigenvalue weighted by Crippen LogP contribution is -2.46. The maximum Gasteiger partial charge on any atom is 0.255 e. The third-order valence-corrected chi connectivity index (χ3v) is 5.22. The minimum absolute atomic E-state index is 0.0952. The largest absolute Gasteiger partial charge is 0.368 e. The number of hydrogen-bond acceptors (Lipinski definition) is 2. The van der Waals surface area contributed by atoms with Crippen molar-refractivity contribution in [3.8, 4) is 11.1 Å². The first-order valence-corrected chi connectivity index (χ1v) is 8.32. The number of aryl methyl sites for hydroxylation is 1. The molecular formula is C20H20N2O2. The minimum atomic E-state index is -0.450. The lowest BCUT2D eigenvalue weighted by molar-refractivity contribution is -0.122. The van der Waals surface area contributed by atoms with E-state index in [0.29, 0.717) is 18.0 Å². The number of hydrogen-bond donors (Lipinski definition) is 1. The van der Waals surface area contributed by atoms with Gasteiger partial charge < -0.3 is 10.6 Å². The molecule has 1 saturated carbocycles. The zero-order chi connectivity index (χ0) is 16.8. The number of fused-ring (bicyclic) bond motifs is 1. The summed E-state index contributed by atoms with van der Waals surface area (Å²) in [4.78, 5) is 26.6. The highest BCUT2D eigenvalue weighted by atomic mass is 16.2. The van der Waals surface area contributed by atoms with Crippen molar-refractivity contribution in [2.45, 2.75) is 19.4 Å². The Hall–Kier alpha value is -2.62. The van der Waals surface area contributed by atoms with Crippen molar-refractivity contribution in [1.29, 1.82) is 0 Å². The SMILES string of the molecule is Cc1ccc(-c2ccccc2C(=O)N2C[C@H]3C[C@H]3[C@H]2C(N)=O)cc1. The molecule has 2 fully saturated rings. The highest BCUT2D eigenvalue weighted by Crippen LogP contribution is 2.50. The van der Waals surface area contributed by atoms with Crippen molar-refractivity contribution in [2.75, 3.05) is 6.54 Å². The van der Waals surface area contributed by atoms with Crippen LogP contribution in [0.5, 0.6) is 0 Å². The Morgan fingerprint density at radius 2 is 1.79 bits per heavy atom. The van der Waals surface area contributed by atoms with E-state index >= 15 is 0 Å². The second-order valence-corrected chi connectivity index (χ2v) is 6.88. The van der Waals surface area contributed by atoms with E-state index in [-0.39, 0.29) is 17.7 Å². The van der Waals surface area contributed by atoms with Gasteiger partial charge >= 0.3 is 0 Å². The van der Waals surface area contributed by atoms with Crippen LogP contribution in [-0.2, 0) is 4.79 Å². The van der Waals surface area contributed by atoms with Crippen molar-refractivity contribution in [1.82, 2.24) is 4.90 Å². The van der Waals surface area contributed by atoms with E-state index in [1.165, 1.54) is 5.56 Å². The molecule has 0 spiro atoms. The molecule has 3 atom stereocenters. The number of benzene rings is 2. The number of nitrogens with two attached hydrogens (primary N) is 1. The molecule has 1 saturated heterocycles. The van der Waals surface area contributed by atoms with Gasteiger partial charge in [0.05, 0.1) is 0 Å². The summed E-state index contributed by atoms with van der Waals surface area (Å²) in [6.07, 6.45) is 1.01. The smallest absolute Gasteiger partial charge is 0.255 e. The molecule has 1 heterocycles. The van der Waals surface area contributed by atoms with Crippen LogP contribution in [0.3, 0.4) is 0 Å². The topological polar surface area (TPSA) is 63.4 Å². The molecule has 4 heteroatoms. The molecule has 0 unspecified atom stereocenters. The Labute approximate surface area is 141 Å². The standard InChI is InChI=1S/C20H20N2O2/c1-12-6-8-13(9-7-12)15-4-2-3-5-16(15)20(24)22-11-14-10-17(14)18(22)19(21)23/h2-9,14,17-18H,10-11H2,1H3,(H2,21,23)/t14-,17-,18+/m1/s1. The Balaban J connectivity index is 1.71. The molecule has 1 aliphatic carbocycles.